The van der Waals surface area contributed by atoms with E-state index >= 15 is 0 Å². The molecule has 0 bridgehead atoms. The van der Waals surface area contributed by atoms with E-state index in [0.29, 0.717) is 64.6 Å². The monoisotopic (exact) mass is 518 g/mol. The number of hydrogen-bond acceptors (Lipinski definition) is 7. The van der Waals surface area contributed by atoms with Crippen molar-refractivity contribution in [2.45, 2.75) is 6.42 Å². The van der Waals surface area contributed by atoms with Crippen LogP contribution in [0.2, 0.25) is 5.02 Å². The molecule has 5 heterocycles. The van der Waals surface area contributed by atoms with Gasteiger partial charge < -0.3 is 30.0 Å². The van der Waals surface area contributed by atoms with Gasteiger partial charge in [0.25, 0.3) is 5.91 Å². The summed E-state index contributed by atoms with van der Waals surface area (Å²) in [5.41, 5.74) is 5.67. The Bertz CT molecular complexity index is 1500. The molecule has 0 spiro atoms. The summed E-state index contributed by atoms with van der Waals surface area (Å²) in [6.07, 6.45) is 2.43. The minimum Gasteiger partial charge on any atom is -0.493 e. The average molecular weight is 519 g/mol. The van der Waals surface area contributed by atoms with Gasteiger partial charge in [0.2, 0.25) is 5.88 Å². The number of rotatable bonds is 7. The molecule has 9 nitrogen and oxygen atoms in total. The fraction of sp³-hybridized carbons (Fsp3) is 0.296. The summed E-state index contributed by atoms with van der Waals surface area (Å²) in [4.78, 5) is 28.1. The Morgan fingerprint density at radius 2 is 2.08 bits per heavy atom. The number of aromatic nitrogens is 3. The number of anilines is 2. The van der Waals surface area contributed by atoms with E-state index in [1.54, 1.807) is 19.4 Å². The Morgan fingerprint density at radius 3 is 2.89 bits per heavy atom. The molecule has 1 saturated heterocycles. The zero-order valence-electron chi connectivity index (χ0n) is 20.6. The Kier molecular flexibility index (Phi) is 6.10. The number of nitrogens with zero attached hydrogens (tertiary/aromatic N) is 3. The van der Waals surface area contributed by atoms with Crippen LogP contribution in [0.25, 0.3) is 22.3 Å². The molecule has 0 aliphatic carbocycles. The van der Waals surface area contributed by atoms with Gasteiger partial charge in [-0.05, 0) is 31.3 Å². The average Bonchev–Trinajstić information content (AvgIpc) is 3.25. The van der Waals surface area contributed by atoms with Crippen LogP contribution in [0.4, 0.5) is 11.4 Å². The number of pyridine rings is 2. The highest BCUT2D eigenvalue weighted by molar-refractivity contribution is 6.32. The van der Waals surface area contributed by atoms with Crippen LogP contribution in [0.15, 0.2) is 42.6 Å². The molecule has 1 aromatic carbocycles. The van der Waals surface area contributed by atoms with E-state index in [9.17, 15) is 4.79 Å². The zero-order chi connectivity index (χ0) is 25.5. The third kappa shape index (κ3) is 4.34. The van der Waals surface area contributed by atoms with Gasteiger partial charge in [0.15, 0.2) is 5.75 Å². The minimum absolute atomic E-state index is 0.145. The molecule has 2 aliphatic rings. The maximum Gasteiger partial charge on any atom is 0.255 e. The second kappa shape index (κ2) is 9.57. The normalized spacial score (nSPS) is 15.7. The van der Waals surface area contributed by atoms with Gasteiger partial charge in [-0.15, -0.1) is 0 Å². The molecule has 3 N–H and O–H groups in total. The number of H-pyrrole nitrogens is 1. The van der Waals surface area contributed by atoms with E-state index in [4.69, 9.17) is 26.1 Å². The first kappa shape index (κ1) is 23.6. The van der Waals surface area contributed by atoms with Crippen LogP contribution in [0.1, 0.15) is 16.1 Å². The van der Waals surface area contributed by atoms with Crippen molar-refractivity contribution < 1.29 is 14.3 Å². The van der Waals surface area contributed by atoms with E-state index in [1.807, 2.05) is 30.3 Å². The van der Waals surface area contributed by atoms with Gasteiger partial charge in [0.05, 0.1) is 46.9 Å². The van der Waals surface area contributed by atoms with Crippen molar-refractivity contribution in [3.63, 3.8) is 0 Å². The summed E-state index contributed by atoms with van der Waals surface area (Å²) in [5.74, 6) is 1.41. The van der Waals surface area contributed by atoms with E-state index in [2.05, 4.69) is 32.5 Å². The first-order valence-electron chi connectivity index (χ1n) is 12.2. The number of amides is 1. The molecule has 3 aromatic heterocycles. The van der Waals surface area contributed by atoms with E-state index < -0.39 is 0 Å². The van der Waals surface area contributed by atoms with Crippen LogP contribution in [-0.4, -0.2) is 66.2 Å². The molecule has 4 aromatic rings. The smallest absolute Gasteiger partial charge is 0.255 e. The van der Waals surface area contributed by atoms with Crippen molar-refractivity contribution in [1.29, 1.82) is 0 Å². The number of hydrogen-bond donors (Lipinski definition) is 3. The fourth-order valence-electron chi connectivity index (χ4n) is 5.08. The van der Waals surface area contributed by atoms with Crippen LogP contribution < -0.4 is 20.1 Å². The number of likely N-dealkylation sites (tertiary alicyclic amines) is 1. The number of para-hydroxylation sites is 1. The number of ether oxygens (including phenoxy) is 2. The van der Waals surface area contributed by atoms with Gasteiger partial charge >= 0.3 is 0 Å². The van der Waals surface area contributed by atoms with Crippen LogP contribution in [-0.2, 0) is 6.42 Å². The number of halogens is 1. The molecule has 2 aliphatic heterocycles. The maximum atomic E-state index is 13.0. The largest absolute Gasteiger partial charge is 0.493 e. The number of aromatic amines is 1. The summed E-state index contributed by atoms with van der Waals surface area (Å²) in [7, 11) is 3.67. The lowest BCUT2D eigenvalue weighted by atomic mass is 10.0. The summed E-state index contributed by atoms with van der Waals surface area (Å²) in [6.45, 7) is 3.24. The number of carbonyl (C=O) groups is 1. The Hall–Kier alpha value is -3.82. The lowest BCUT2D eigenvalue weighted by Gasteiger charge is -2.35. The Balaban J connectivity index is 1.45. The number of fused-ring (bicyclic) bond motifs is 2. The van der Waals surface area contributed by atoms with Crippen LogP contribution in [0.5, 0.6) is 11.6 Å². The predicted molar refractivity (Wildman–Crippen MR) is 143 cm³/mol. The number of carbonyl (C=O) groups excluding carboxylic acids is 1. The van der Waals surface area contributed by atoms with Crippen molar-refractivity contribution in [3.8, 4) is 22.9 Å². The number of benzene rings is 1. The summed E-state index contributed by atoms with van der Waals surface area (Å²) < 4.78 is 11.6. The third-order valence-corrected chi connectivity index (χ3v) is 7.13. The van der Waals surface area contributed by atoms with Gasteiger partial charge in [-0.1, -0.05) is 17.7 Å². The minimum atomic E-state index is -0.145. The lowest BCUT2D eigenvalue weighted by molar-refractivity contribution is 0.0840. The molecule has 0 saturated carbocycles. The van der Waals surface area contributed by atoms with Gasteiger partial charge in [-0.3, -0.25) is 9.78 Å². The highest BCUT2D eigenvalue weighted by atomic mass is 35.5. The van der Waals surface area contributed by atoms with Crippen molar-refractivity contribution in [2.24, 2.45) is 5.92 Å². The van der Waals surface area contributed by atoms with Crippen molar-refractivity contribution >= 4 is 39.9 Å². The number of nitrogens with one attached hydrogen (secondary N) is 3. The molecule has 0 atom stereocenters. The summed E-state index contributed by atoms with van der Waals surface area (Å²) in [6, 6.07) is 11.1. The molecule has 190 valence electrons. The molecule has 37 heavy (non-hydrogen) atoms. The number of methoxy groups -OCH3 is 1. The Labute approximate surface area is 219 Å². The van der Waals surface area contributed by atoms with Gasteiger partial charge in [-0.2, -0.15) is 0 Å². The molecule has 1 fully saturated rings. The standard InChI is InChI=1S/C27H27ClN6O3/c1-34-12-15(13-34)14-37-21-7-6-19-23(33-21)16(8-10-29-19)24-25(22-18(31-24)9-11-30-27(22)35)32-20-5-3-4-17(28)26(20)36-2/h3-8,10,15,31-32H,9,11-14H2,1-2H3,(H,30,35). The highest BCUT2D eigenvalue weighted by Gasteiger charge is 2.29. The third-order valence-electron chi connectivity index (χ3n) is 6.83. The van der Waals surface area contributed by atoms with Crippen molar-refractivity contribution in [3.05, 3.63) is 58.9 Å². The molecular formula is C27H27ClN6O3. The topological polar surface area (TPSA) is 104 Å². The molecule has 1 amide bonds. The molecule has 6 rings (SSSR count). The van der Waals surface area contributed by atoms with Crippen LogP contribution in [0, 0.1) is 5.92 Å². The SMILES string of the molecule is COc1c(Cl)cccc1Nc1c(-c2ccnc3ccc(OCC4CN(C)C4)nc23)[nH]c2c1C(=O)NCC2. The molecular weight excluding hydrogens is 492 g/mol. The van der Waals surface area contributed by atoms with E-state index in [-0.39, 0.29) is 5.91 Å². The van der Waals surface area contributed by atoms with Crippen molar-refractivity contribution in [1.82, 2.24) is 25.2 Å². The first-order valence-corrected chi connectivity index (χ1v) is 12.6. The van der Waals surface area contributed by atoms with E-state index in [0.717, 1.165) is 35.6 Å². The second-order valence-corrected chi connectivity index (χ2v) is 9.86. The highest BCUT2D eigenvalue weighted by Crippen LogP contribution is 2.42. The molecule has 0 unspecified atom stereocenters. The fourth-order valence-corrected chi connectivity index (χ4v) is 5.33. The Morgan fingerprint density at radius 1 is 1.22 bits per heavy atom. The van der Waals surface area contributed by atoms with Crippen molar-refractivity contribution in [2.75, 3.05) is 45.7 Å². The molecule has 0 radical (unpaired) electrons. The second-order valence-electron chi connectivity index (χ2n) is 9.45. The predicted octanol–water partition coefficient (Wildman–Crippen LogP) is 4.26. The summed E-state index contributed by atoms with van der Waals surface area (Å²) in [5, 5.41) is 6.84. The first-order chi connectivity index (χ1) is 18.0. The quantitative estimate of drug-likeness (QED) is 0.336. The maximum absolute atomic E-state index is 13.0. The van der Waals surface area contributed by atoms with Gasteiger partial charge in [0.1, 0.15) is 5.52 Å². The zero-order valence-corrected chi connectivity index (χ0v) is 21.4. The van der Waals surface area contributed by atoms with Crippen LogP contribution >= 0.6 is 11.6 Å². The lowest BCUT2D eigenvalue weighted by Crippen LogP contribution is -2.46. The molecule has 10 heteroatoms. The van der Waals surface area contributed by atoms with E-state index in [1.165, 1.54) is 0 Å². The summed E-state index contributed by atoms with van der Waals surface area (Å²) >= 11 is 6.38. The van der Waals surface area contributed by atoms with Gasteiger partial charge in [0, 0.05) is 55.5 Å². The van der Waals surface area contributed by atoms with Gasteiger partial charge in [-0.25, -0.2) is 4.98 Å². The van der Waals surface area contributed by atoms with Crippen LogP contribution in [0.3, 0.4) is 0 Å².